The van der Waals surface area contributed by atoms with Crippen LogP contribution in [0.25, 0.3) is 5.82 Å². The van der Waals surface area contributed by atoms with E-state index in [1.165, 1.54) is 24.4 Å². The summed E-state index contributed by atoms with van der Waals surface area (Å²) in [4.78, 5) is 32.0. The lowest BCUT2D eigenvalue weighted by Crippen LogP contribution is -2.41. The molecular weight excluding hydrogens is 614 g/mol. The number of nitrogens with one attached hydrogen (secondary N) is 2. The molecule has 2 unspecified atom stereocenters. The predicted molar refractivity (Wildman–Crippen MR) is 148 cm³/mol. The number of alkyl halides is 3. The molecule has 43 heavy (non-hydrogen) atoms. The number of carbonyl (C=O) groups excluding carboxylic acids is 2. The summed E-state index contributed by atoms with van der Waals surface area (Å²) in [7, 11) is 0. The Balaban J connectivity index is 1.47. The number of anilines is 1. The van der Waals surface area contributed by atoms with Crippen molar-refractivity contribution in [2.24, 2.45) is 0 Å². The van der Waals surface area contributed by atoms with Crippen LogP contribution in [-0.2, 0) is 17.5 Å². The Morgan fingerprint density at radius 3 is 2.65 bits per heavy atom. The van der Waals surface area contributed by atoms with Crippen LogP contribution in [0.1, 0.15) is 57.7 Å². The van der Waals surface area contributed by atoms with Gasteiger partial charge in [0, 0.05) is 17.8 Å². The molecule has 5 rings (SSSR count). The zero-order valence-electron chi connectivity index (χ0n) is 22.7. The fourth-order valence-electron chi connectivity index (χ4n) is 4.57. The maximum atomic E-state index is 13.7. The van der Waals surface area contributed by atoms with Crippen LogP contribution >= 0.6 is 23.2 Å². The number of amides is 2. The molecule has 17 heteroatoms. The summed E-state index contributed by atoms with van der Waals surface area (Å²) < 4.78 is 45.7. The summed E-state index contributed by atoms with van der Waals surface area (Å²) in [6.45, 7) is 3.78. The van der Waals surface area contributed by atoms with Gasteiger partial charge in [0.25, 0.3) is 17.6 Å². The number of aromatic nitrogens is 7. The van der Waals surface area contributed by atoms with E-state index >= 15 is 0 Å². The molecule has 0 saturated carbocycles. The van der Waals surface area contributed by atoms with Gasteiger partial charge < -0.3 is 15.4 Å². The van der Waals surface area contributed by atoms with Crippen LogP contribution in [0.4, 0.5) is 18.9 Å². The van der Waals surface area contributed by atoms with Crippen molar-refractivity contribution in [2.75, 3.05) is 11.9 Å². The number of nitrogens with zero attached hydrogens (tertiary/aromatic N) is 7. The molecule has 4 aromatic rings. The Morgan fingerprint density at radius 1 is 1.19 bits per heavy atom. The van der Waals surface area contributed by atoms with E-state index in [1.807, 2.05) is 6.92 Å². The molecule has 0 spiro atoms. The number of hydrogen-bond acceptors (Lipinski definition) is 8. The molecule has 0 radical (unpaired) electrons. The monoisotopic (exact) mass is 637 g/mol. The number of benzene rings is 1. The molecule has 3 aromatic heterocycles. The second-order valence-corrected chi connectivity index (χ2v) is 10.6. The molecule has 1 aliphatic rings. The lowest BCUT2D eigenvalue weighted by Gasteiger charge is -2.21. The van der Waals surface area contributed by atoms with Crippen molar-refractivity contribution in [1.29, 1.82) is 0 Å². The molecule has 1 fully saturated rings. The third kappa shape index (κ3) is 6.78. The Bertz CT molecular complexity index is 1670. The van der Waals surface area contributed by atoms with Crippen LogP contribution in [-0.4, -0.2) is 65.5 Å². The molecule has 226 valence electrons. The zero-order chi connectivity index (χ0) is 30.9. The van der Waals surface area contributed by atoms with Gasteiger partial charge in [-0.2, -0.15) is 23.1 Å². The van der Waals surface area contributed by atoms with Crippen LogP contribution in [0.3, 0.4) is 0 Å². The quantitative estimate of drug-likeness (QED) is 0.288. The summed E-state index contributed by atoms with van der Waals surface area (Å²) in [6.07, 6.45) is -1.78. The third-order valence-electron chi connectivity index (χ3n) is 6.61. The molecule has 0 bridgehead atoms. The number of rotatable bonds is 8. The fourth-order valence-corrected chi connectivity index (χ4v) is 5.05. The number of carbonyl (C=O) groups is 2. The van der Waals surface area contributed by atoms with Gasteiger partial charge in [-0.25, -0.2) is 9.67 Å². The van der Waals surface area contributed by atoms with Crippen molar-refractivity contribution in [3.05, 3.63) is 74.9 Å². The fraction of sp³-hybridized carbons (Fsp3) is 0.346. The largest absolute Gasteiger partial charge is 0.455 e. The number of pyridine rings is 1. The van der Waals surface area contributed by atoms with Crippen LogP contribution in [0.2, 0.25) is 10.0 Å². The predicted octanol–water partition coefficient (Wildman–Crippen LogP) is 4.49. The van der Waals surface area contributed by atoms with E-state index in [2.05, 4.69) is 36.1 Å². The summed E-state index contributed by atoms with van der Waals surface area (Å²) in [6, 6.07) is 7.16. The first-order chi connectivity index (χ1) is 20.4. The van der Waals surface area contributed by atoms with Gasteiger partial charge in [-0.3, -0.25) is 9.59 Å². The summed E-state index contributed by atoms with van der Waals surface area (Å²) in [5, 5.41) is 20.2. The SMILES string of the molecule is Cc1cc(Cl)cc(C(=O)NC(C)C2CCCO2)c1NC(=O)c1cc(Cn2nnc(C(F)(F)F)n2)nn1-c1ncccc1Cl. The van der Waals surface area contributed by atoms with Crippen molar-refractivity contribution >= 4 is 40.7 Å². The second-order valence-electron chi connectivity index (χ2n) is 9.80. The molecule has 12 nitrogen and oxygen atoms in total. The van der Waals surface area contributed by atoms with Gasteiger partial charge in [-0.15, -0.1) is 10.2 Å². The van der Waals surface area contributed by atoms with Crippen molar-refractivity contribution in [2.45, 2.75) is 51.6 Å². The second kappa shape index (κ2) is 12.3. The Kier molecular flexibility index (Phi) is 8.66. The Morgan fingerprint density at radius 2 is 1.98 bits per heavy atom. The van der Waals surface area contributed by atoms with Gasteiger partial charge in [-0.05, 0) is 67.8 Å². The number of ether oxygens (including phenoxy) is 1. The first-order valence-corrected chi connectivity index (χ1v) is 13.7. The van der Waals surface area contributed by atoms with Gasteiger partial charge in [0.2, 0.25) is 0 Å². The van der Waals surface area contributed by atoms with Crippen molar-refractivity contribution in [3.8, 4) is 5.82 Å². The van der Waals surface area contributed by atoms with Crippen molar-refractivity contribution < 1.29 is 27.5 Å². The first-order valence-electron chi connectivity index (χ1n) is 13.0. The highest BCUT2D eigenvalue weighted by molar-refractivity contribution is 6.32. The molecule has 2 N–H and O–H groups in total. The maximum absolute atomic E-state index is 13.7. The number of halogens is 5. The maximum Gasteiger partial charge on any atom is 0.455 e. The molecule has 2 amide bonds. The van der Waals surface area contributed by atoms with Crippen LogP contribution < -0.4 is 10.6 Å². The average molecular weight is 638 g/mol. The highest BCUT2D eigenvalue weighted by Crippen LogP contribution is 2.28. The van der Waals surface area contributed by atoms with Gasteiger partial charge in [0.1, 0.15) is 12.2 Å². The van der Waals surface area contributed by atoms with Gasteiger partial charge in [-0.1, -0.05) is 23.2 Å². The van der Waals surface area contributed by atoms with Crippen molar-refractivity contribution in [3.63, 3.8) is 0 Å². The van der Waals surface area contributed by atoms with E-state index < -0.39 is 23.8 Å². The lowest BCUT2D eigenvalue weighted by molar-refractivity contribution is -0.145. The van der Waals surface area contributed by atoms with Crippen LogP contribution in [0, 0.1) is 6.92 Å². The number of hydrogen-bond donors (Lipinski definition) is 2. The van der Waals surface area contributed by atoms with E-state index in [0.29, 0.717) is 17.0 Å². The standard InChI is InChI=1S/C26H24Cl2F3N9O3/c1-13-9-15(27)10-17(23(41)33-14(2)20-6-4-8-43-20)21(13)34-24(42)19-11-16(12-39-37-25(35-38-39)26(29,30)31)36-40(19)22-18(28)5-3-7-32-22/h3,5,7,9-11,14,20H,4,6,8,12H2,1-2H3,(H,33,41)(H,34,42). The summed E-state index contributed by atoms with van der Waals surface area (Å²) in [5.41, 5.74) is 0.844. The zero-order valence-corrected chi connectivity index (χ0v) is 24.2. The Labute approximate surface area is 252 Å². The van der Waals surface area contributed by atoms with E-state index in [1.54, 1.807) is 19.1 Å². The van der Waals surface area contributed by atoms with E-state index in [0.717, 1.165) is 17.5 Å². The molecule has 1 aliphatic heterocycles. The van der Waals surface area contributed by atoms with Gasteiger partial charge in [0.05, 0.1) is 34.1 Å². The molecule has 4 heterocycles. The van der Waals surface area contributed by atoms with Gasteiger partial charge in [0.15, 0.2) is 5.82 Å². The first kappa shape index (κ1) is 30.4. The molecular formula is C26H24Cl2F3N9O3. The van der Waals surface area contributed by atoms with Gasteiger partial charge >= 0.3 is 6.18 Å². The minimum Gasteiger partial charge on any atom is -0.376 e. The molecule has 1 aromatic carbocycles. The van der Waals surface area contributed by atoms with E-state index in [-0.39, 0.29) is 57.2 Å². The minimum absolute atomic E-state index is 0.0827. The van der Waals surface area contributed by atoms with Crippen molar-refractivity contribution in [1.82, 2.24) is 40.3 Å². The number of tetrazole rings is 1. The van der Waals surface area contributed by atoms with E-state index in [4.69, 9.17) is 27.9 Å². The molecule has 0 aliphatic carbocycles. The lowest BCUT2D eigenvalue weighted by atomic mass is 10.0. The smallest absolute Gasteiger partial charge is 0.376 e. The van der Waals surface area contributed by atoms with E-state index in [9.17, 15) is 22.8 Å². The highest BCUT2D eigenvalue weighted by Gasteiger charge is 2.37. The topological polar surface area (TPSA) is 142 Å². The Hall–Kier alpha value is -4.08. The molecule has 1 saturated heterocycles. The van der Waals surface area contributed by atoms with Crippen LogP contribution in [0.5, 0.6) is 0 Å². The molecule has 2 atom stereocenters. The summed E-state index contributed by atoms with van der Waals surface area (Å²) >= 11 is 12.6. The third-order valence-corrected chi connectivity index (χ3v) is 7.12. The normalized spacial score (nSPS) is 15.8. The average Bonchev–Trinajstić information content (AvgIpc) is 3.72. The minimum atomic E-state index is -4.79. The number of aryl methyl sites for hydroxylation is 1. The summed E-state index contributed by atoms with van der Waals surface area (Å²) in [5.74, 6) is -2.52. The van der Waals surface area contributed by atoms with Crippen LogP contribution in [0.15, 0.2) is 36.5 Å². The highest BCUT2D eigenvalue weighted by atomic mass is 35.5.